The van der Waals surface area contributed by atoms with Gasteiger partial charge in [-0.15, -0.1) is 0 Å². The van der Waals surface area contributed by atoms with Crippen molar-refractivity contribution in [1.82, 2.24) is 5.32 Å². The van der Waals surface area contributed by atoms with E-state index in [4.69, 9.17) is 10.2 Å². The van der Waals surface area contributed by atoms with Gasteiger partial charge in [0.05, 0.1) is 11.6 Å². The van der Waals surface area contributed by atoms with E-state index in [-0.39, 0.29) is 0 Å². The first-order valence-corrected chi connectivity index (χ1v) is 12.3. The highest BCUT2D eigenvalue weighted by Crippen LogP contribution is 2.13. The van der Waals surface area contributed by atoms with E-state index in [2.05, 4.69) is 61.5 Å². The lowest BCUT2D eigenvalue weighted by atomic mass is 10.1. The van der Waals surface area contributed by atoms with Crippen molar-refractivity contribution in [3.05, 3.63) is 71.3 Å². The molecule has 0 aromatic carbocycles. The second-order valence-electron chi connectivity index (χ2n) is 7.54. The third-order valence-corrected chi connectivity index (χ3v) is 4.97. The molecule has 1 aromatic rings. The molecule has 180 valence electrons. The molecule has 0 spiro atoms. The van der Waals surface area contributed by atoms with Gasteiger partial charge in [-0.25, -0.2) is 0 Å². The van der Waals surface area contributed by atoms with Gasteiger partial charge in [0.2, 0.25) is 0 Å². The molecule has 1 atom stereocenters. The van der Waals surface area contributed by atoms with Crippen LogP contribution >= 0.6 is 0 Å². The molecule has 0 aliphatic carbocycles. The second kappa shape index (κ2) is 19.4. The van der Waals surface area contributed by atoms with Gasteiger partial charge in [-0.3, -0.25) is 4.99 Å². The van der Waals surface area contributed by atoms with Crippen LogP contribution in [0.1, 0.15) is 85.5 Å². The summed E-state index contributed by atoms with van der Waals surface area (Å²) in [6, 6.07) is 2.33. The molecule has 4 heteroatoms. The van der Waals surface area contributed by atoms with Crippen molar-refractivity contribution < 1.29 is 4.42 Å². The molecule has 0 radical (unpaired) electrons. The SMILES string of the molecule is CC.CCCCc1cc(C(N)=NC2CCCNC2)co1.C\C=C/C(=C/C)C(/C)=C\C=C\C. The zero-order valence-electron chi connectivity index (χ0n) is 21.6. The fourth-order valence-electron chi connectivity index (χ4n) is 3.18. The van der Waals surface area contributed by atoms with Gasteiger partial charge in [0.15, 0.2) is 0 Å². The Morgan fingerprint density at radius 3 is 2.56 bits per heavy atom. The van der Waals surface area contributed by atoms with Crippen molar-refractivity contribution in [2.75, 3.05) is 13.1 Å². The van der Waals surface area contributed by atoms with Crippen molar-refractivity contribution in [3.8, 4) is 0 Å². The zero-order valence-corrected chi connectivity index (χ0v) is 21.6. The van der Waals surface area contributed by atoms with Crippen molar-refractivity contribution >= 4 is 5.84 Å². The number of nitrogens with two attached hydrogens (primary N) is 1. The first-order chi connectivity index (χ1) is 15.5. The van der Waals surface area contributed by atoms with E-state index in [1.54, 1.807) is 6.26 Å². The fraction of sp³-hybridized carbons (Fsp3) is 0.536. The molecule has 1 aliphatic heterocycles. The van der Waals surface area contributed by atoms with E-state index >= 15 is 0 Å². The number of hydrogen-bond donors (Lipinski definition) is 2. The Bertz CT molecular complexity index is 744. The van der Waals surface area contributed by atoms with Crippen molar-refractivity contribution in [3.63, 3.8) is 0 Å². The molecule has 1 aliphatic rings. The van der Waals surface area contributed by atoms with Gasteiger partial charge in [0.1, 0.15) is 17.9 Å². The number of nitrogens with zero attached hydrogens (tertiary/aromatic N) is 1. The third-order valence-electron chi connectivity index (χ3n) is 4.97. The predicted molar refractivity (Wildman–Crippen MR) is 142 cm³/mol. The van der Waals surface area contributed by atoms with Crippen LogP contribution in [0.5, 0.6) is 0 Å². The summed E-state index contributed by atoms with van der Waals surface area (Å²) >= 11 is 0. The Hall–Kier alpha value is -2.33. The molecular formula is C28H47N3O. The van der Waals surface area contributed by atoms with Crippen LogP contribution in [0.15, 0.2) is 69.3 Å². The van der Waals surface area contributed by atoms with Crippen LogP contribution in [0.4, 0.5) is 0 Å². The summed E-state index contributed by atoms with van der Waals surface area (Å²) in [6.45, 7) is 16.4. The Labute approximate surface area is 197 Å². The lowest BCUT2D eigenvalue weighted by molar-refractivity contribution is 0.461. The van der Waals surface area contributed by atoms with Crippen molar-refractivity contribution in [2.45, 2.75) is 86.6 Å². The van der Waals surface area contributed by atoms with Crippen LogP contribution in [0.2, 0.25) is 0 Å². The minimum absolute atomic E-state index is 0.313. The lowest BCUT2D eigenvalue weighted by Gasteiger charge is -2.19. The minimum atomic E-state index is 0.313. The Kier molecular flexibility index (Phi) is 18.0. The molecule has 1 unspecified atom stereocenters. The number of piperidine rings is 1. The number of unbranched alkanes of at least 4 members (excludes halogenated alkanes) is 1. The molecule has 1 aromatic heterocycles. The highest BCUT2D eigenvalue weighted by molar-refractivity contribution is 5.97. The molecule has 32 heavy (non-hydrogen) atoms. The monoisotopic (exact) mass is 441 g/mol. The summed E-state index contributed by atoms with van der Waals surface area (Å²) < 4.78 is 5.50. The first kappa shape index (κ1) is 29.7. The molecule has 1 saturated heterocycles. The smallest absolute Gasteiger partial charge is 0.129 e. The van der Waals surface area contributed by atoms with Crippen LogP contribution in [-0.2, 0) is 6.42 Å². The van der Waals surface area contributed by atoms with Crippen LogP contribution < -0.4 is 11.1 Å². The Morgan fingerprint density at radius 2 is 2.00 bits per heavy atom. The maximum atomic E-state index is 6.03. The van der Waals surface area contributed by atoms with Crippen LogP contribution in [-0.4, -0.2) is 25.0 Å². The topological polar surface area (TPSA) is 63.5 Å². The molecule has 4 nitrogen and oxygen atoms in total. The normalized spacial score (nSPS) is 17.7. The van der Waals surface area contributed by atoms with Gasteiger partial charge >= 0.3 is 0 Å². The number of hydrogen-bond acceptors (Lipinski definition) is 3. The van der Waals surface area contributed by atoms with E-state index in [1.807, 2.05) is 39.8 Å². The number of allylic oxidation sites excluding steroid dienone is 8. The zero-order chi connectivity index (χ0) is 24.2. The Morgan fingerprint density at radius 1 is 1.25 bits per heavy atom. The number of nitrogens with one attached hydrogen (secondary N) is 1. The molecule has 0 bridgehead atoms. The van der Waals surface area contributed by atoms with Gasteiger partial charge in [-0.05, 0) is 70.7 Å². The molecule has 2 heterocycles. The third kappa shape index (κ3) is 12.5. The molecular weight excluding hydrogens is 394 g/mol. The molecule has 3 N–H and O–H groups in total. The summed E-state index contributed by atoms with van der Waals surface area (Å²) in [5, 5.41) is 3.34. The van der Waals surface area contributed by atoms with E-state index in [9.17, 15) is 0 Å². The molecule has 0 saturated carbocycles. The highest BCUT2D eigenvalue weighted by atomic mass is 16.3. The summed E-state index contributed by atoms with van der Waals surface area (Å²) in [7, 11) is 0. The van der Waals surface area contributed by atoms with Crippen molar-refractivity contribution in [1.29, 1.82) is 0 Å². The number of furan rings is 1. The maximum Gasteiger partial charge on any atom is 0.129 e. The van der Waals surface area contributed by atoms with Gasteiger partial charge in [-0.2, -0.15) is 0 Å². The maximum absolute atomic E-state index is 6.03. The lowest BCUT2D eigenvalue weighted by Crippen LogP contribution is -2.34. The number of aliphatic imine (C=N–C) groups is 1. The van der Waals surface area contributed by atoms with E-state index in [1.165, 1.54) is 24.0 Å². The highest BCUT2D eigenvalue weighted by Gasteiger charge is 2.13. The summed E-state index contributed by atoms with van der Waals surface area (Å²) in [4.78, 5) is 4.57. The quantitative estimate of drug-likeness (QED) is 0.256. The van der Waals surface area contributed by atoms with E-state index in [0.29, 0.717) is 11.9 Å². The average molecular weight is 442 g/mol. The summed E-state index contributed by atoms with van der Waals surface area (Å²) in [6.07, 6.45) is 19.8. The fourth-order valence-corrected chi connectivity index (χ4v) is 3.18. The molecule has 1 fully saturated rings. The Balaban J connectivity index is 0.000000602. The second-order valence-corrected chi connectivity index (χ2v) is 7.54. The van der Waals surface area contributed by atoms with Gasteiger partial charge in [-0.1, -0.05) is 63.6 Å². The minimum Gasteiger partial charge on any atom is -0.469 e. The van der Waals surface area contributed by atoms with Gasteiger partial charge in [0, 0.05) is 13.0 Å². The largest absolute Gasteiger partial charge is 0.469 e. The van der Waals surface area contributed by atoms with Gasteiger partial charge in [0.25, 0.3) is 0 Å². The standard InChI is InChI=1S/C14H23N3O.C12H18.C2H6/c1-2-3-6-13-8-11(10-18-13)14(15)17-12-5-4-7-16-9-12;1-5-8-10-11(4)12(7-3)9-6-2;1-2/h8,10,12,16H,2-7,9H2,1H3,(H2,15,17);5-10H,1-4H3;1-2H3/b;8-5+,9-6-,11-10-,12-7-;. The number of amidine groups is 1. The first-order valence-electron chi connectivity index (χ1n) is 12.3. The van der Waals surface area contributed by atoms with Crippen LogP contribution in [0.25, 0.3) is 0 Å². The van der Waals surface area contributed by atoms with E-state index in [0.717, 1.165) is 43.7 Å². The molecule has 0 amide bonds. The summed E-state index contributed by atoms with van der Waals surface area (Å²) in [5.74, 6) is 1.61. The molecule has 2 rings (SSSR count). The van der Waals surface area contributed by atoms with E-state index < -0.39 is 0 Å². The van der Waals surface area contributed by atoms with Crippen molar-refractivity contribution in [2.24, 2.45) is 10.7 Å². The summed E-state index contributed by atoms with van der Waals surface area (Å²) in [5.41, 5.74) is 9.54. The van der Waals surface area contributed by atoms with Gasteiger partial charge < -0.3 is 15.5 Å². The predicted octanol–water partition coefficient (Wildman–Crippen LogP) is 7.14. The average Bonchev–Trinajstić information content (AvgIpc) is 3.31. The number of aryl methyl sites for hydroxylation is 1. The van der Waals surface area contributed by atoms with Crippen LogP contribution in [0.3, 0.4) is 0 Å². The van der Waals surface area contributed by atoms with Crippen LogP contribution in [0, 0.1) is 0 Å². The number of rotatable bonds is 8.